The lowest BCUT2D eigenvalue weighted by atomic mass is 9.90. The Labute approximate surface area is 135 Å². The fourth-order valence-electron chi connectivity index (χ4n) is 2.19. The van der Waals surface area contributed by atoms with Gasteiger partial charge in [-0.15, -0.1) is 11.3 Å². The first-order valence-corrected chi connectivity index (χ1v) is 8.17. The molecule has 8 heteroatoms. The molecule has 21 heavy (non-hydrogen) atoms. The van der Waals surface area contributed by atoms with E-state index in [9.17, 15) is 14.7 Å². The Morgan fingerprint density at radius 2 is 2.19 bits per heavy atom. The third-order valence-electron chi connectivity index (χ3n) is 3.49. The van der Waals surface area contributed by atoms with Crippen LogP contribution in [0.5, 0.6) is 0 Å². The predicted octanol–water partition coefficient (Wildman–Crippen LogP) is 2.29. The number of rotatable bonds is 4. The van der Waals surface area contributed by atoms with Gasteiger partial charge in [0.25, 0.3) is 0 Å². The van der Waals surface area contributed by atoms with E-state index in [1.54, 1.807) is 18.4 Å². The van der Waals surface area contributed by atoms with E-state index < -0.39 is 11.5 Å². The quantitative estimate of drug-likeness (QED) is 0.844. The zero-order chi connectivity index (χ0) is 15.5. The van der Waals surface area contributed by atoms with Crippen molar-refractivity contribution in [3.8, 4) is 0 Å². The van der Waals surface area contributed by atoms with Gasteiger partial charge in [-0.25, -0.2) is 9.59 Å². The lowest BCUT2D eigenvalue weighted by molar-refractivity contribution is -0.148. The molecular weight excluding hydrogens is 360 g/mol. The van der Waals surface area contributed by atoms with Crippen molar-refractivity contribution >= 4 is 39.3 Å². The van der Waals surface area contributed by atoms with E-state index in [2.05, 4.69) is 21.2 Å². The maximum atomic E-state index is 12.2. The Morgan fingerprint density at radius 1 is 1.52 bits per heavy atom. The summed E-state index contributed by atoms with van der Waals surface area (Å²) in [5.41, 5.74) is -0.223. The molecule has 0 saturated carbocycles. The van der Waals surface area contributed by atoms with E-state index >= 15 is 0 Å². The maximum absolute atomic E-state index is 12.2. The van der Waals surface area contributed by atoms with E-state index in [-0.39, 0.29) is 18.9 Å². The third-order valence-corrected chi connectivity index (χ3v) is 5.04. The Hall–Kier alpha value is -1.12. The molecule has 2 N–H and O–H groups in total. The van der Waals surface area contributed by atoms with Gasteiger partial charge in [-0.1, -0.05) is 0 Å². The summed E-state index contributed by atoms with van der Waals surface area (Å²) in [6.07, 6.45) is 0.567. The Kier molecular flexibility index (Phi) is 5.23. The highest BCUT2D eigenvalue weighted by Crippen LogP contribution is 2.23. The highest BCUT2D eigenvalue weighted by molar-refractivity contribution is 9.11. The molecule has 0 radical (unpaired) electrons. The molecule has 0 unspecified atom stereocenters. The minimum Gasteiger partial charge on any atom is -0.480 e. The molecular formula is C13H17BrN2O4S. The molecule has 2 amide bonds. The molecule has 1 fully saturated rings. The van der Waals surface area contributed by atoms with Crippen LogP contribution in [0.4, 0.5) is 4.79 Å². The van der Waals surface area contributed by atoms with Crippen LogP contribution in [0, 0.1) is 0 Å². The number of halogens is 1. The number of aliphatic carboxylic acids is 1. The van der Waals surface area contributed by atoms with Gasteiger partial charge in [-0.2, -0.15) is 0 Å². The summed E-state index contributed by atoms with van der Waals surface area (Å²) in [4.78, 5) is 25.2. The van der Waals surface area contributed by atoms with E-state index in [0.29, 0.717) is 19.8 Å². The second-order valence-electron chi connectivity index (χ2n) is 5.04. The summed E-state index contributed by atoms with van der Waals surface area (Å²) in [7, 11) is 1.65. The minimum absolute atomic E-state index is 0.284. The number of carbonyl (C=O) groups is 2. The molecule has 1 aromatic heterocycles. The van der Waals surface area contributed by atoms with Crippen LogP contribution in [-0.4, -0.2) is 47.8 Å². The molecule has 0 spiro atoms. The average Bonchev–Trinajstić information content (AvgIpc) is 2.85. The lowest BCUT2D eigenvalue weighted by Crippen LogP contribution is -2.59. The zero-order valence-corrected chi connectivity index (χ0v) is 14.0. The van der Waals surface area contributed by atoms with Gasteiger partial charge in [-0.3, -0.25) is 0 Å². The average molecular weight is 377 g/mol. The fourth-order valence-corrected chi connectivity index (χ4v) is 3.39. The van der Waals surface area contributed by atoms with Gasteiger partial charge in [0.1, 0.15) is 5.54 Å². The number of thiophene rings is 1. The van der Waals surface area contributed by atoms with E-state index in [1.807, 2.05) is 11.4 Å². The van der Waals surface area contributed by atoms with E-state index in [1.165, 1.54) is 4.90 Å². The summed E-state index contributed by atoms with van der Waals surface area (Å²) in [5.74, 6) is -1.01. The van der Waals surface area contributed by atoms with Crippen LogP contribution in [0.3, 0.4) is 0 Å². The van der Waals surface area contributed by atoms with Crippen molar-refractivity contribution in [2.24, 2.45) is 0 Å². The number of urea groups is 1. The predicted molar refractivity (Wildman–Crippen MR) is 82.4 cm³/mol. The summed E-state index contributed by atoms with van der Waals surface area (Å²) < 4.78 is 6.18. The van der Waals surface area contributed by atoms with Gasteiger partial charge in [0.15, 0.2) is 0 Å². The number of carboxylic acid groups (broad SMARTS) is 1. The molecule has 6 nitrogen and oxygen atoms in total. The number of carboxylic acids is 1. The van der Waals surface area contributed by atoms with Crippen LogP contribution < -0.4 is 5.32 Å². The van der Waals surface area contributed by atoms with Crippen LogP contribution in [0.1, 0.15) is 18.4 Å². The molecule has 1 aliphatic rings. The third kappa shape index (κ3) is 3.96. The SMILES string of the molecule is CN(Cc1csc(Br)c1)C(=O)NC1(C(=O)O)CCOCC1. The number of amides is 2. The molecule has 0 aromatic carbocycles. The van der Waals surface area contributed by atoms with Gasteiger partial charge in [0.2, 0.25) is 0 Å². The standard InChI is InChI=1S/C13H17BrN2O4S/c1-16(7-9-6-10(14)21-8-9)12(19)15-13(11(17)18)2-4-20-5-3-13/h6,8H,2-5,7H2,1H3,(H,15,19)(H,17,18). The summed E-state index contributed by atoms with van der Waals surface area (Å²) in [6.45, 7) is 1.11. The van der Waals surface area contributed by atoms with E-state index in [0.717, 1.165) is 9.35 Å². The smallest absolute Gasteiger partial charge is 0.329 e. The van der Waals surface area contributed by atoms with Gasteiger partial charge >= 0.3 is 12.0 Å². The largest absolute Gasteiger partial charge is 0.480 e. The number of ether oxygens (including phenoxy) is 1. The number of carbonyl (C=O) groups excluding carboxylic acids is 1. The fraction of sp³-hybridized carbons (Fsp3) is 0.538. The van der Waals surface area contributed by atoms with Crippen molar-refractivity contribution in [3.05, 3.63) is 20.8 Å². The number of nitrogens with zero attached hydrogens (tertiary/aromatic N) is 1. The summed E-state index contributed by atoms with van der Waals surface area (Å²) in [5, 5.41) is 14.0. The molecule has 0 atom stereocenters. The zero-order valence-electron chi connectivity index (χ0n) is 11.6. The number of hydrogen-bond donors (Lipinski definition) is 2. The van der Waals surface area contributed by atoms with Gasteiger partial charge in [0, 0.05) is 39.6 Å². The first kappa shape index (κ1) is 16.3. The maximum Gasteiger partial charge on any atom is 0.329 e. The van der Waals surface area contributed by atoms with Gasteiger partial charge in [0.05, 0.1) is 3.79 Å². The molecule has 0 bridgehead atoms. The van der Waals surface area contributed by atoms with Crippen LogP contribution in [-0.2, 0) is 16.1 Å². The summed E-state index contributed by atoms with van der Waals surface area (Å²) in [6, 6.07) is 1.55. The van der Waals surface area contributed by atoms with Crippen molar-refractivity contribution in [2.75, 3.05) is 20.3 Å². The molecule has 1 aliphatic heterocycles. The van der Waals surface area contributed by atoms with Gasteiger partial charge < -0.3 is 20.1 Å². The van der Waals surface area contributed by atoms with Crippen molar-refractivity contribution < 1.29 is 19.4 Å². The van der Waals surface area contributed by atoms with Crippen molar-refractivity contribution in [1.82, 2.24) is 10.2 Å². The monoisotopic (exact) mass is 376 g/mol. The van der Waals surface area contributed by atoms with Crippen LogP contribution in [0.2, 0.25) is 0 Å². The molecule has 116 valence electrons. The topological polar surface area (TPSA) is 78.9 Å². The Morgan fingerprint density at radius 3 is 2.71 bits per heavy atom. The van der Waals surface area contributed by atoms with Crippen molar-refractivity contribution in [1.29, 1.82) is 0 Å². The summed E-state index contributed by atoms with van der Waals surface area (Å²) >= 11 is 4.92. The van der Waals surface area contributed by atoms with Gasteiger partial charge in [-0.05, 0) is 32.9 Å². The molecule has 2 heterocycles. The second-order valence-corrected chi connectivity index (χ2v) is 7.34. The van der Waals surface area contributed by atoms with Crippen molar-refractivity contribution in [3.63, 3.8) is 0 Å². The highest BCUT2D eigenvalue weighted by Gasteiger charge is 2.42. The lowest BCUT2D eigenvalue weighted by Gasteiger charge is -2.35. The van der Waals surface area contributed by atoms with Crippen LogP contribution in [0.25, 0.3) is 0 Å². The second kappa shape index (κ2) is 6.76. The first-order valence-electron chi connectivity index (χ1n) is 6.50. The normalized spacial score (nSPS) is 17.2. The van der Waals surface area contributed by atoms with Crippen LogP contribution in [0.15, 0.2) is 15.2 Å². The molecule has 1 saturated heterocycles. The minimum atomic E-state index is -1.22. The van der Waals surface area contributed by atoms with Crippen LogP contribution >= 0.6 is 27.3 Å². The Bertz CT molecular complexity index is 528. The number of nitrogens with one attached hydrogen (secondary N) is 1. The highest BCUT2D eigenvalue weighted by atomic mass is 79.9. The first-order chi connectivity index (χ1) is 9.93. The molecule has 0 aliphatic carbocycles. The Balaban J connectivity index is 1.99. The van der Waals surface area contributed by atoms with Crippen molar-refractivity contribution in [2.45, 2.75) is 24.9 Å². The van der Waals surface area contributed by atoms with E-state index in [4.69, 9.17) is 4.74 Å². The molecule has 2 rings (SSSR count). The molecule has 1 aromatic rings. The number of hydrogen-bond acceptors (Lipinski definition) is 4.